The Morgan fingerprint density at radius 2 is 1.16 bits per heavy atom. The summed E-state index contributed by atoms with van der Waals surface area (Å²) < 4.78 is 10.2. The summed E-state index contributed by atoms with van der Waals surface area (Å²) in [5.74, 6) is 0.316. The van der Waals surface area contributed by atoms with Gasteiger partial charge in [-0.25, -0.2) is 0 Å². The minimum atomic E-state index is -1.00. The highest BCUT2D eigenvalue weighted by atomic mass is 16.6. The molecule has 0 rings (SSSR count). The van der Waals surface area contributed by atoms with Crippen molar-refractivity contribution < 1.29 is 29.0 Å². The van der Waals surface area contributed by atoms with Crippen molar-refractivity contribution in [2.75, 3.05) is 13.2 Å². The van der Waals surface area contributed by atoms with Gasteiger partial charge in [0.2, 0.25) is 0 Å². The van der Waals surface area contributed by atoms with Gasteiger partial charge in [0.05, 0.1) is 0 Å². The molecule has 0 aliphatic heterocycles. The van der Waals surface area contributed by atoms with Gasteiger partial charge in [0.25, 0.3) is 0 Å². The third kappa shape index (κ3) is 32.3. The molecule has 6 nitrogen and oxygen atoms in total. The highest BCUT2D eigenvalue weighted by Crippen LogP contribution is 2.13. The number of rotatable bonds is 29. The van der Waals surface area contributed by atoms with Gasteiger partial charge in [-0.1, -0.05) is 128 Å². The maximum absolute atomic E-state index is 11.9. The first-order valence-corrected chi connectivity index (χ1v) is 17.0. The second-order valence-corrected chi connectivity index (χ2v) is 11.8. The molecule has 0 bridgehead atoms. The van der Waals surface area contributed by atoms with Gasteiger partial charge in [-0.3, -0.25) is 14.4 Å². The zero-order valence-electron chi connectivity index (χ0n) is 27.6. The van der Waals surface area contributed by atoms with Crippen LogP contribution >= 0.6 is 0 Å². The van der Waals surface area contributed by atoms with Gasteiger partial charge in [-0.2, -0.15) is 0 Å². The lowest BCUT2D eigenvalue weighted by molar-refractivity contribution is -0.152. The molecule has 0 spiro atoms. The van der Waals surface area contributed by atoms with Crippen LogP contribution in [-0.4, -0.2) is 42.1 Å². The Bertz CT molecular complexity index is 808. The number of ether oxygens (including phenoxy) is 2. The minimum absolute atomic E-state index is 0.149. The lowest BCUT2D eigenvalue weighted by Gasteiger charge is -2.12. The molecule has 43 heavy (non-hydrogen) atoms. The topological polar surface area (TPSA) is 89.9 Å². The Morgan fingerprint density at radius 1 is 0.628 bits per heavy atom. The first-order chi connectivity index (χ1) is 20.8. The van der Waals surface area contributed by atoms with Crippen LogP contribution in [0.1, 0.15) is 143 Å². The summed E-state index contributed by atoms with van der Waals surface area (Å²) in [5.41, 5.74) is 0. The van der Waals surface area contributed by atoms with Gasteiger partial charge < -0.3 is 14.6 Å². The number of aliphatic hydroxyl groups is 1. The van der Waals surface area contributed by atoms with Crippen molar-refractivity contribution in [1.82, 2.24) is 0 Å². The van der Waals surface area contributed by atoms with Gasteiger partial charge >= 0.3 is 11.9 Å². The third-order valence-electron chi connectivity index (χ3n) is 6.97. The Kier molecular flexibility index (Phi) is 29.2. The predicted molar refractivity (Wildman–Crippen MR) is 178 cm³/mol. The van der Waals surface area contributed by atoms with Crippen molar-refractivity contribution in [1.29, 1.82) is 0 Å². The molecule has 0 heterocycles. The maximum atomic E-state index is 11.9. The summed E-state index contributed by atoms with van der Waals surface area (Å²) in [5, 5.41) is 9.95. The summed E-state index contributed by atoms with van der Waals surface area (Å²) in [4.78, 5) is 35.4. The Labute approximate surface area is 263 Å². The standard InChI is InChI=1S/C37H62O6/c1-4-5-21-27-34(38)28-23-18-14-9-7-6-8-10-15-19-24-29-36(40)42-31-35(39)32-43-37(41)30-25-20-16-12-11-13-17-22-26-33(2)3/h6-7,10,14-15,18,23,28,33,35,39H,4-5,8-9,11-13,16-17,19-22,24-27,29-32H2,1-3H3/b7-6-,15-10-,18-14-,28-23+/t35-/m1/s1. The van der Waals surface area contributed by atoms with Crippen molar-refractivity contribution in [2.45, 2.75) is 149 Å². The molecule has 0 aromatic carbocycles. The molecule has 246 valence electrons. The number of hydrogen-bond acceptors (Lipinski definition) is 6. The van der Waals surface area contributed by atoms with E-state index in [4.69, 9.17) is 9.47 Å². The van der Waals surface area contributed by atoms with Crippen LogP contribution in [0, 0.1) is 5.92 Å². The quantitative estimate of drug-likeness (QED) is 0.0302. The number of ketones is 1. The van der Waals surface area contributed by atoms with Gasteiger partial charge in [0.15, 0.2) is 5.78 Å². The molecular formula is C37H62O6. The number of carbonyl (C=O) groups is 3. The third-order valence-corrected chi connectivity index (χ3v) is 6.97. The lowest BCUT2D eigenvalue weighted by Crippen LogP contribution is -2.25. The molecule has 0 fully saturated rings. The van der Waals surface area contributed by atoms with Crippen LogP contribution in [0.25, 0.3) is 0 Å². The van der Waals surface area contributed by atoms with E-state index < -0.39 is 6.10 Å². The van der Waals surface area contributed by atoms with Crippen LogP contribution in [0.4, 0.5) is 0 Å². The Morgan fingerprint density at radius 3 is 1.79 bits per heavy atom. The molecule has 0 aromatic rings. The summed E-state index contributed by atoms with van der Waals surface area (Å²) in [6.45, 7) is 6.36. The minimum Gasteiger partial charge on any atom is -0.463 e. The predicted octanol–water partition coefficient (Wildman–Crippen LogP) is 9.32. The zero-order chi connectivity index (χ0) is 31.8. The molecule has 0 aliphatic carbocycles. The average molecular weight is 603 g/mol. The molecular weight excluding hydrogens is 540 g/mol. The van der Waals surface area contributed by atoms with Crippen molar-refractivity contribution in [3.8, 4) is 0 Å². The molecule has 6 heteroatoms. The van der Waals surface area contributed by atoms with E-state index >= 15 is 0 Å². The fourth-order valence-electron chi connectivity index (χ4n) is 4.33. The van der Waals surface area contributed by atoms with E-state index in [9.17, 15) is 19.5 Å². The van der Waals surface area contributed by atoms with E-state index in [1.54, 1.807) is 6.08 Å². The van der Waals surface area contributed by atoms with E-state index in [1.807, 2.05) is 24.3 Å². The van der Waals surface area contributed by atoms with E-state index in [2.05, 4.69) is 39.0 Å². The highest BCUT2D eigenvalue weighted by molar-refractivity contribution is 5.89. The van der Waals surface area contributed by atoms with Gasteiger partial charge in [-0.05, 0) is 50.5 Å². The summed E-state index contributed by atoms with van der Waals surface area (Å²) >= 11 is 0. The Balaban J connectivity index is 3.64. The molecule has 0 saturated carbocycles. The summed E-state index contributed by atoms with van der Waals surface area (Å²) in [6, 6.07) is 0. The van der Waals surface area contributed by atoms with Crippen molar-refractivity contribution in [3.05, 3.63) is 48.6 Å². The molecule has 0 aromatic heterocycles. The normalized spacial score (nSPS) is 12.8. The van der Waals surface area contributed by atoms with Crippen LogP contribution in [0.2, 0.25) is 0 Å². The highest BCUT2D eigenvalue weighted by Gasteiger charge is 2.12. The molecule has 0 aliphatic rings. The number of esters is 2. The van der Waals surface area contributed by atoms with Crippen molar-refractivity contribution in [2.24, 2.45) is 5.92 Å². The van der Waals surface area contributed by atoms with Gasteiger partial charge in [-0.15, -0.1) is 0 Å². The monoisotopic (exact) mass is 602 g/mol. The maximum Gasteiger partial charge on any atom is 0.305 e. The molecule has 1 atom stereocenters. The molecule has 0 radical (unpaired) electrons. The molecule has 0 saturated heterocycles. The number of allylic oxidation sites excluding steroid dienone is 8. The fourth-order valence-corrected chi connectivity index (χ4v) is 4.33. The zero-order valence-corrected chi connectivity index (χ0v) is 27.6. The van der Waals surface area contributed by atoms with E-state index in [1.165, 1.54) is 38.5 Å². The molecule has 0 amide bonds. The number of hydrogen-bond donors (Lipinski definition) is 1. The van der Waals surface area contributed by atoms with Crippen LogP contribution < -0.4 is 0 Å². The van der Waals surface area contributed by atoms with Gasteiger partial charge in [0.1, 0.15) is 19.3 Å². The van der Waals surface area contributed by atoms with Crippen molar-refractivity contribution in [3.63, 3.8) is 0 Å². The van der Waals surface area contributed by atoms with E-state index in [0.717, 1.165) is 63.7 Å². The number of carbonyl (C=O) groups excluding carboxylic acids is 3. The van der Waals surface area contributed by atoms with Gasteiger partial charge in [0, 0.05) is 19.3 Å². The molecule has 1 N–H and O–H groups in total. The SMILES string of the molecule is CCCCCC(=O)/C=C/C=C\C/C=C\C/C=C\CCCC(=O)OC[C@@H](O)COC(=O)CCCCCCCCCCC(C)C. The Hall–Kier alpha value is -2.47. The van der Waals surface area contributed by atoms with Crippen LogP contribution in [0.5, 0.6) is 0 Å². The van der Waals surface area contributed by atoms with Crippen LogP contribution in [0.15, 0.2) is 48.6 Å². The first kappa shape index (κ1) is 40.5. The van der Waals surface area contributed by atoms with Crippen LogP contribution in [-0.2, 0) is 23.9 Å². The smallest absolute Gasteiger partial charge is 0.305 e. The van der Waals surface area contributed by atoms with Crippen LogP contribution in [0.3, 0.4) is 0 Å². The lowest BCUT2D eigenvalue weighted by atomic mass is 10.0. The average Bonchev–Trinajstić information content (AvgIpc) is 2.98. The first-order valence-electron chi connectivity index (χ1n) is 17.0. The largest absolute Gasteiger partial charge is 0.463 e. The number of aliphatic hydroxyl groups excluding tert-OH is 1. The van der Waals surface area contributed by atoms with E-state index in [-0.39, 0.29) is 37.4 Å². The molecule has 0 unspecified atom stereocenters. The van der Waals surface area contributed by atoms with E-state index in [0.29, 0.717) is 19.3 Å². The number of unbranched alkanes of at least 4 members (excludes halogenated alkanes) is 10. The summed E-state index contributed by atoms with van der Waals surface area (Å²) in [6.07, 6.45) is 32.9. The van der Waals surface area contributed by atoms with Crippen molar-refractivity contribution >= 4 is 17.7 Å². The second kappa shape index (κ2) is 31.0. The summed E-state index contributed by atoms with van der Waals surface area (Å²) in [7, 11) is 0. The fraction of sp³-hybridized carbons (Fsp3) is 0.703. The second-order valence-electron chi connectivity index (χ2n) is 11.8.